The van der Waals surface area contributed by atoms with Crippen LogP contribution in [0.5, 0.6) is 0 Å². The largest absolute Gasteiger partial charge is 0.390 e. The van der Waals surface area contributed by atoms with Crippen LogP contribution in [-0.2, 0) is 4.74 Å². The standard InChI is InChI=1S/C16H28F3NO/c1-2-9-20-14(12-16(17,18)19)13-6-10-21-15(11-13)7-4-3-5-8-15/h13-14,20H,2-12H2,1H3. The highest BCUT2D eigenvalue weighted by atomic mass is 19.4. The molecule has 2 rings (SSSR count). The minimum absolute atomic E-state index is 0.0880. The average molecular weight is 307 g/mol. The topological polar surface area (TPSA) is 21.3 Å². The van der Waals surface area contributed by atoms with E-state index in [2.05, 4.69) is 5.32 Å². The van der Waals surface area contributed by atoms with E-state index in [1.807, 2.05) is 6.92 Å². The van der Waals surface area contributed by atoms with Crippen molar-refractivity contribution < 1.29 is 17.9 Å². The summed E-state index contributed by atoms with van der Waals surface area (Å²) in [6, 6.07) is -0.451. The zero-order chi connectivity index (χ0) is 15.3. The van der Waals surface area contributed by atoms with Gasteiger partial charge in [-0.2, -0.15) is 13.2 Å². The Morgan fingerprint density at radius 2 is 1.95 bits per heavy atom. The number of halogens is 3. The smallest absolute Gasteiger partial charge is 0.375 e. The molecular weight excluding hydrogens is 279 g/mol. The summed E-state index contributed by atoms with van der Waals surface area (Å²) in [6.07, 6.45) is 3.18. The maximum absolute atomic E-state index is 12.9. The van der Waals surface area contributed by atoms with Crippen LogP contribution in [0.25, 0.3) is 0 Å². The number of hydrogen-bond acceptors (Lipinski definition) is 2. The number of rotatable bonds is 5. The third-order valence-corrected chi connectivity index (χ3v) is 4.97. The molecule has 2 unspecified atom stereocenters. The minimum Gasteiger partial charge on any atom is -0.375 e. The van der Waals surface area contributed by atoms with E-state index < -0.39 is 18.6 Å². The molecule has 0 amide bonds. The molecule has 21 heavy (non-hydrogen) atoms. The molecule has 0 bridgehead atoms. The fourth-order valence-corrected chi connectivity index (χ4v) is 3.94. The SMILES string of the molecule is CCCNC(CC(F)(F)F)C1CCOC2(CCCCC2)C1. The molecule has 1 saturated carbocycles. The monoisotopic (exact) mass is 307 g/mol. The molecule has 2 fully saturated rings. The lowest BCUT2D eigenvalue weighted by atomic mass is 9.73. The molecule has 0 aromatic heterocycles. The molecule has 0 radical (unpaired) electrons. The second-order valence-corrected chi connectivity index (χ2v) is 6.72. The maximum atomic E-state index is 12.9. The van der Waals surface area contributed by atoms with Crippen LogP contribution in [0.1, 0.15) is 64.7 Å². The van der Waals surface area contributed by atoms with Gasteiger partial charge >= 0.3 is 6.18 Å². The fraction of sp³-hybridized carbons (Fsp3) is 1.00. The van der Waals surface area contributed by atoms with E-state index in [9.17, 15) is 13.2 Å². The summed E-state index contributed by atoms with van der Waals surface area (Å²) < 4.78 is 44.6. The van der Waals surface area contributed by atoms with Crippen LogP contribution in [0.4, 0.5) is 13.2 Å². The van der Waals surface area contributed by atoms with Crippen molar-refractivity contribution in [3.63, 3.8) is 0 Å². The molecule has 2 nitrogen and oxygen atoms in total. The molecular formula is C16H28F3NO. The van der Waals surface area contributed by atoms with Crippen LogP contribution in [0, 0.1) is 5.92 Å². The molecule has 1 aliphatic carbocycles. The summed E-state index contributed by atoms with van der Waals surface area (Å²) in [7, 11) is 0. The quantitative estimate of drug-likeness (QED) is 0.811. The van der Waals surface area contributed by atoms with Gasteiger partial charge in [0.2, 0.25) is 0 Å². The Kier molecular flexibility index (Phi) is 5.95. The van der Waals surface area contributed by atoms with Gasteiger partial charge in [-0.05, 0) is 44.6 Å². The molecule has 1 heterocycles. The molecule has 1 saturated heterocycles. The minimum atomic E-state index is -4.09. The van der Waals surface area contributed by atoms with Gasteiger partial charge in [0.15, 0.2) is 0 Å². The summed E-state index contributed by atoms with van der Waals surface area (Å²) >= 11 is 0. The highest BCUT2D eigenvalue weighted by Crippen LogP contribution is 2.42. The zero-order valence-electron chi connectivity index (χ0n) is 13.0. The predicted molar refractivity (Wildman–Crippen MR) is 77.2 cm³/mol. The second-order valence-electron chi connectivity index (χ2n) is 6.72. The third kappa shape index (κ3) is 5.13. The van der Waals surface area contributed by atoms with Crippen molar-refractivity contribution in [1.82, 2.24) is 5.32 Å². The van der Waals surface area contributed by atoms with Crippen molar-refractivity contribution >= 4 is 0 Å². The van der Waals surface area contributed by atoms with E-state index in [0.717, 1.165) is 44.9 Å². The van der Waals surface area contributed by atoms with Gasteiger partial charge < -0.3 is 10.1 Å². The van der Waals surface area contributed by atoms with Gasteiger partial charge in [0, 0.05) is 12.6 Å². The van der Waals surface area contributed by atoms with E-state index in [1.165, 1.54) is 6.42 Å². The van der Waals surface area contributed by atoms with Crippen LogP contribution in [-0.4, -0.2) is 31.0 Å². The summed E-state index contributed by atoms with van der Waals surface area (Å²) in [4.78, 5) is 0. The maximum Gasteiger partial charge on any atom is 0.390 e. The Morgan fingerprint density at radius 1 is 1.24 bits per heavy atom. The highest BCUT2D eigenvalue weighted by Gasteiger charge is 2.43. The van der Waals surface area contributed by atoms with E-state index in [0.29, 0.717) is 13.2 Å². The van der Waals surface area contributed by atoms with E-state index in [4.69, 9.17) is 4.74 Å². The Morgan fingerprint density at radius 3 is 2.57 bits per heavy atom. The average Bonchev–Trinajstić information content (AvgIpc) is 2.43. The Labute approximate surface area is 125 Å². The van der Waals surface area contributed by atoms with E-state index >= 15 is 0 Å². The first-order valence-electron chi connectivity index (χ1n) is 8.38. The molecule has 1 spiro atoms. The van der Waals surface area contributed by atoms with Crippen molar-refractivity contribution in [3.05, 3.63) is 0 Å². The van der Waals surface area contributed by atoms with Crippen LogP contribution in [0.15, 0.2) is 0 Å². The molecule has 1 aliphatic heterocycles. The van der Waals surface area contributed by atoms with Gasteiger partial charge in [-0.15, -0.1) is 0 Å². The lowest BCUT2D eigenvalue weighted by molar-refractivity contribution is -0.156. The Balaban J connectivity index is 2.00. The number of nitrogens with one attached hydrogen (secondary N) is 1. The summed E-state index contributed by atoms with van der Waals surface area (Å²) in [5.74, 6) is 0.0880. The van der Waals surface area contributed by atoms with E-state index in [1.54, 1.807) is 0 Å². The van der Waals surface area contributed by atoms with Gasteiger partial charge in [0.05, 0.1) is 12.0 Å². The normalized spacial score (nSPS) is 27.7. The van der Waals surface area contributed by atoms with Gasteiger partial charge in [-0.1, -0.05) is 26.2 Å². The van der Waals surface area contributed by atoms with Crippen LogP contribution in [0.3, 0.4) is 0 Å². The first-order chi connectivity index (χ1) is 9.94. The fourth-order valence-electron chi connectivity index (χ4n) is 3.94. The van der Waals surface area contributed by atoms with Gasteiger partial charge in [-0.25, -0.2) is 0 Å². The molecule has 2 atom stereocenters. The van der Waals surface area contributed by atoms with E-state index in [-0.39, 0.29) is 11.5 Å². The second kappa shape index (κ2) is 7.32. The predicted octanol–water partition coefficient (Wildman–Crippen LogP) is 4.44. The van der Waals surface area contributed by atoms with Crippen molar-refractivity contribution in [3.8, 4) is 0 Å². The molecule has 5 heteroatoms. The van der Waals surface area contributed by atoms with Gasteiger partial charge in [0.1, 0.15) is 0 Å². The number of ether oxygens (including phenoxy) is 1. The summed E-state index contributed by atoms with van der Waals surface area (Å²) in [6.45, 7) is 3.27. The van der Waals surface area contributed by atoms with Crippen molar-refractivity contribution in [1.29, 1.82) is 0 Å². The lowest BCUT2D eigenvalue weighted by Gasteiger charge is -2.45. The first kappa shape index (κ1) is 17.1. The molecule has 0 aromatic rings. The Hall–Kier alpha value is -0.290. The Bertz CT molecular complexity index is 308. The molecule has 1 N–H and O–H groups in total. The van der Waals surface area contributed by atoms with Crippen LogP contribution < -0.4 is 5.32 Å². The van der Waals surface area contributed by atoms with Crippen molar-refractivity contribution in [2.45, 2.75) is 82.5 Å². The summed E-state index contributed by atoms with van der Waals surface area (Å²) in [5, 5.41) is 3.14. The lowest BCUT2D eigenvalue weighted by Crippen LogP contribution is -2.49. The van der Waals surface area contributed by atoms with Crippen LogP contribution >= 0.6 is 0 Å². The van der Waals surface area contributed by atoms with Crippen molar-refractivity contribution in [2.24, 2.45) is 5.92 Å². The molecule has 0 aromatic carbocycles. The highest BCUT2D eigenvalue weighted by molar-refractivity contribution is 4.93. The summed E-state index contributed by atoms with van der Waals surface area (Å²) in [5.41, 5.74) is -0.126. The first-order valence-corrected chi connectivity index (χ1v) is 8.38. The number of alkyl halides is 3. The van der Waals surface area contributed by atoms with Gasteiger partial charge in [0.25, 0.3) is 0 Å². The van der Waals surface area contributed by atoms with Crippen LogP contribution in [0.2, 0.25) is 0 Å². The molecule has 2 aliphatic rings. The van der Waals surface area contributed by atoms with Crippen molar-refractivity contribution in [2.75, 3.05) is 13.2 Å². The number of hydrogen-bond donors (Lipinski definition) is 1. The molecule has 124 valence electrons. The third-order valence-electron chi connectivity index (χ3n) is 4.97. The zero-order valence-corrected chi connectivity index (χ0v) is 13.0. The van der Waals surface area contributed by atoms with Gasteiger partial charge in [-0.3, -0.25) is 0 Å².